The topological polar surface area (TPSA) is 97.3 Å². The number of hydroxylamine groups is 2. The molecule has 1 heterocycles. The number of amides is 2. The van der Waals surface area contributed by atoms with E-state index in [9.17, 15) is 14.6 Å². The lowest BCUT2D eigenvalue weighted by molar-refractivity contribution is -0.162. The van der Waals surface area contributed by atoms with E-state index in [1.54, 1.807) is 39.0 Å². The molecule has 2 aromatic carbocycles. The molecule has 0 saturated carbocycles. The van der Waals surface area contributed by atoms with Crippen LogP contribution in [0.2, 0.25) is 0 Å². The Morgan fingerprint density at radius 1 is 1.18 bits per heavy atom. The first-order valence-corrected chi connectivity index (χ1v) is 11.5. The van der Waals surface area contributed by atoms with Gasteiger partial charge >= 0.3 is 13.2 Å². The number of rotatable bonds is 8. The molecular weight excluding hydrogens is 435 g/mol. The Morgan fingerprint density at radius 3 is 2.53 bits per heavy atom. The van der Waals surface area contributed by atoms with Gasteiger partial charge in [-0.05, 0) is 61.8 Å². The number of benzene rings is 2. The summed E-state index contributed by atoms with van der Waals surface area (Å²) in [6.07, 6.45) is -0.244. The molecule has 0 aromatic heterocycles. The fourth-order valence-electron chi connectivity index (χ4n) is 3.61. The number of hydrogen-bond donors (Lipinski definition) is 2. The first-order valence-electron chi connectivity index (χ1n) is 11.5. The van der Waals surface area contributed by atoms with Crippen LogP contribution in [0.15, 0.2) is 48.5 Å². The standard InChI is InChI=1S/C25H33BN2O6/c1-17(2)13-22(27-24(30)33-25(3,4)5)23(29)28(15-18-9-7-6-8-10-18)34-20-11-12-21-19(14-20)16-32-26(21)31/h6-12,14,17,22,31H,13,15-16H2,1-5H3,(H,27,30). The van der Waals surface area contributed by atoms with Crippen LogP contribution in [0, 0.1) is 5.92 Å². The third-order valence-corrected chi connectivity index (χ3v) is 5.10. The quantitative estimate of drug-likeness (QED) is 0.457. The van der Waals surface area contributed by atoms with Crippen molar-refractivity contribution in [2.45, 2.75) is 65.8 Å². The average molecular weight is 468 g/mol. The highest BCUT2D eigenvalue weighted by atomic mass is 16.7. The highest BCUT2D eigenvalue weighted by Crippen LogP contribution is 2.21. The maximum atomic E-state index is 13.6. The second-order valence-corrected chi connectivity index (χ2v) is 9.80. The molecule has 1 aliphatic heterocycles. The Labute approximate surface area is 201 Å². The lowest BCUT2D eigenvalue weighted by Crippen LogP contribution is -2.51. The number of hydrogen-bond acceptors (Lipinski definition) is 6. The van der Waals surface area contributed by atoms with Crippen molar-refractivity contribution in [1.29, 1.82) is 0 Å². The van der Waals surface area contributed by atoms with Crippen LogP contribution in [0.5, 0.6) is 5.75 Å². The van der Waals surface area contributed by atoms with E-state index >= 15 is 0 Å². The third-order valence-electron chi connectivity index (χ3n) is 5.10. The molecule has 2 aromatic rings. The Kier molecular flexibility index (Phi) is 8.22. The number of ether oxygens (including phenoxy) is 1. The SMILES string of the molecule is CC(C)CC(NC(=O)OC(C)(C)C)C(=O)N(Cc1ccccc1)Oc1ccc2c(c1)COB2O. The fraction of sp³-hybridized carbons (Fsp3) is 0.440. The summed E-state index contributed by atoms with van der Waals surface area (Å²) in [7, 11) is -0.959. The molecule has 3 rings (SSSR count). The van der Waals surface area contributed by atoms with Crippen LogP contribution >= 0.6 is 0 Å². The van der Waals surface area contributed by atoms with Crippen LogP contribution < -0.4 is 15.6 Å². The molecule has 0 bridgehead atoms. The highest BCUT2D eigenvalue weighted by molar-refractivity contribution is 6.61. The number of carbonyl (C=O) groups excluding carboxylic acids is 2. The van der Waals surface area contributed by atoms with Gasteiger partial charge in [0.2, 0.25) is 0 Å². The summed E-state index contributed by atoms with van der Waals surface area (Å²) in [5, 5.41) is 13.9. The number of carbonyl (C=O) groups is 2. The van der Waals surface area contributed by atoms with Gasteiger partial charge < -0.3 is 24.6 Å². The van der Waals surface area contributed by atoms with Crippen LogP contribution in [-0.2, 0) is 27.3 Å². The smallest absolute Gasteiger partial charge is 0.444 e. The minimum absolute atomic E-state index is 0.140. The number of nitrogens with zero attached hydrogens (tertiary/aromatic N) is 1. The maximum absolute atomic E-state index is 13.6. The summed E-state index contributed by atoms with van der Waals surface area (Å²) in [6.45, 7) is 9.70. The summed E-state index contributed by atoms with van der Waals surface area (Å²) in [6, 6.07) is 13.8. The van der Waals surface area contributed by atoms with Gasteiger partial charge in [0.05, 0.1) is 13.2 Å². The van der Waals surface area contributed by atoms with Gasteiger partial charge in [-0.25, -0.2) is 4.79 Å². The predicted octanol–water partition coefficient (Wildman–Crippen LogP) is 3.17. The zero-order valence-electron chi connectivity index (χ0n) is 20.4. The highest BCUT2D eigenvalue weighted by Gasteiger charge is 2.31. The molecule has 0 aliphatic carbocycles. The lowest BCUT2D eigenvalue weighted by Gasteiger charge is -2.29. The molecule has 2 amide bonds. The van der Waals surface area contributed by atoms with Crippen LogP contribution in [0.1, 0.15) is 52.2 Å². The summed E-state index contributed by atoms with van der Waals surface area (Å²) in [5.74, 6) is 0.183. The number of fused-ring (bicyclic) bond motifs is 1. The molecular formula is C25H33BN2O6. The Bertz CT molecular complexity index is 993. The second-order valence-electron chi connectivity index (χ2n) is 9.80. The van der Waals surface area contributed by atoms with E-state index in [0.29, 0.717) is 17.6 Å². The van der Waals surface area contributed by atoms with E-state index in [2.05, 4.69) is 5.32 Å². The van der Waals surface area contributed by atoms with Crippen molar-refractivity contribution in [3.8, 4) is 5.75 Å². The van der Waals surface area contributed by atoms with Gasteiger partial charge in [-0.2, -0.15) is 5.06 Å². The predicted molar refractivity (Wildman–Crippen MR) is 129 cm³/mol. The molecule has 0 radical (unpaired) electrons. The molecule has 0 fully saturated rings. The summed E-state index contributed by atoms with van der Waals surface area (Å²) in [4.78, 5) is 32.2. The van der Waals surface area contributed by atoms with E-state index in [1.165, 1.54) is 5.06 Å². The monoisotopic (exact) mass is 468 g/mol. The van der Waals surface area contributed by atoms with Crippen molar-refractivity contribution in [1.82, 2.24) is 10.4 Å². The van der Waals surface area contributed by atoms with Crippen LogP contribution in [-0.4, -0.2) is 40.8 Å². The van der Waals surface area contributed by atoms with E-state index in [-0.39, 0.29) is 25.0 Å². The molecule has 2 N–H and O–H groups in total. The molecule has 1 atom stereocenters. The first kappa shape index (κ1) is 25.6. The molecule has 0 spiro atoms. The first-order chi connectivity index (χ1) is 16.0. The molecule has 182 valence electrons. The molecule has 8 nitrogen and oxygen atoms in total. The van der Waals surface area contributed by atoms with Crippen molar-refractivity contribution in [2.24, 2.45) is 5.92 Å². The van der Waals surface area contributed by atoms with Gasteiger partial charge in [0.25, 0.3) is 5.91 Å². The summed E-state index contributed by atoms with van der Waals surface area (Å²) >= 11 is 0. The Balaban J connectivity index is 1.85. The van der Waals surface area contributed by atoms with E-state index in [0.717, 1.165) is 11.1 Å². The minimum atomic E-state index is -0.959. The Morgan fingerprint density at radius 2 is 1.88 bits per heavy atom. The average Bonchev–Trinajstić information content (AvgIpc) is 3.11. The molecule has 9 heteroatoms. The third kappa shape index (κ3) is 7.23. The number of nitrogens with one attached hydrogen (secondary N) is 1. The molecule has 1 aliphatic rings. The molecule has 0 saturated heterocycles. The zero-order valence-corrected chi connectivity index (χ0v) is 20.4. The van der Waals surface area contributed by atoms with Gasteiger partial charge in [-0.15, -0.1) is 0 Å². The lowest BCUT2D eigenvalue weighted by atomic mass is 9.80. The molecule has 1 unspecified atom stereocenters. The van der Waals surface area contributed by atoms with Gasteiger partial charge in [0.1, 0.15) is 11.6 Å². The van der Waals surface area contributed by atoms with E-state index < -0.39 is 24.9 Å². The Hall–Kier alpha value is -3.04. The van der Waals surface area contributed by atoms with E-state index in [1.807, 2.05) is 44.2 Å². The van der Waals surface area contributed by atoms with Crippen molar-refractivity contribution in [2.75, 3.05) is 0 Å². The molecule has 34 heavy (non-hydrogen) atoms. The second kappa shape index (κ2) is 10.9. The van der Waals surface area contributed by atoms with Gasteiger partial charge in [-0.1, -0.05) is 50.2 Å². The maximum Gasteiger partial charge on any atom is 0.491 e. The van der Waals surface area contributed by atoms with Crippen molar-refractivity contribution in [3.05, 3.63) is 59.7 Å². The van der Waals surface area contributed by atoms with E-state index in [4.69, 9.17) is 14.2 Å². The number of alkyl carbamates (subject to hydrolysis) is 1. The van der Waals surface area contributed by atoms with Crippen LogP contribution in [0.3, 0.4) is 0 Å². The van der Waals surface area contributed by atoms with Crippen LogP contribution in [0.4, 0.5) is 4.79 Å². The summed E-state index contributed by atoms with van der Waals surface area (Å²) in [5.41, 5.74) is 1.66. The van der Waals surface area contributed by atoms with Crippen molar-refractivity contribution >= 4 is 24.6 Å². The largest absolute Gasteiger partial charge is 0.491 e. The normalized spacial score (nSPS) is 13.9. The fourth-order valence-corrected chi connectivity index (χ4v) is 3.61. The van der Waals surface area contributed by atoms with Crippen molar-refractivity contribution in [3.63, 3.8) is 0 Å². The van der Waals surface area contributed by atoms with Crippen molar-refractivity contribution < 1.29 is 28.8 Å². The minimum Gasteiger partial charge on any atom is -0.444 e. The van der Waals surface area contributed by atoms with Gasteiger partial charge in [-0.3, -0.25) is 4.79 Å². The summed E-state index contributed by atoms with van der Waals surface area (Å²) < 4.78 is 10.6. The zero-order chi connectivity index (χ0) is 24.9. The van der Waals surface area contributed by atoms with Crippen LogP contribution in [0.25, 0.3) is 0 Å². The van der Waals surface area contributed by atoms with Gasteiger partial charge in [0, 0.05) is 0 Å². The van der Waals surface area contributed by atoms with Gasteiger partial charge in [0.15, 0.2) is 5.75 Å².